The van der Waals surface area contributed by atoms with Gasteiger partial charge < -0.3 is 24.5 Å². The van der Waals surface area contributed by atoms with Crippen molar-refractivity contribution in [2.24, 2.45) is 5.92 Å². The van der Waals surface area contributed by atoms with Crippen LogP contribution in [0.1, 0.15) is 73.5 Å². The first-order valence-electron chi connectivity index (χ1n) is 16.8. The molecule has 0 radical (unpaired) electrons. The van der Waals surface area contributed by atoms with E-state index in [1.165, 1.54) is 11.0 Å². The molecule has 3 saturated heterocycles. The largest absolute Gasteiger partial charge is 0.497 e. The van der Waals surface area contributed by atoms with Gasteiger partial charge in [-0.05, 0) is 67.5 Å². The third kappa shape index (κ3) is 6.58. The first kappa shape index (κ1) is 34.0. The smallest absolute Gasteiger partial charge is 0.416 e. The van der Waals surface area contributed by atoms with Crippen LogP contribution in [-0.4, -0.2) is 90.9 Å². The number of carbonyl (C=O) groups excluding carboxylic acids is 1. The molecule has 0 unspecified atom stereocenters. The molecule has 0 spiro atoms. The molecule has 1 amide bonds. The summed E-state index contributed by atoms with van der Waals surface area (Å²) >= 11 is 0. The monoisotopic (exact) mass is 670 g/mol. The number of methoxy groups -OCH3 is 1. The lowest BCUT2D eigenvalue weighted by Crippen LogP contribution is -2.52. The van der Waals surface area contributed by atoms with Crippen LogP contribution in [0.25, 0.3) is 4.85 Å². The van der Waals surface area contributed by atoms with Crippen LogP contribution < -0.4 is 9.64 Å². The van der Waals surface area contributed by atoms with Crippen molar-refractivity contribution < 1.29 is 37.0 Å². The molecule has 4 fully saturated rings. The maximum atomic E-state index is 17.7. The maximum absolute atomic E-state index is 17.7. The fraction of sp³-hybridized carbons (Fsp3) is 0.583. The number of aliphatic carboxylic acids is 1. The van der Waals surface area contributed by atoms with E-state index in [9.17, 15) is 27.9 Å². The number of carboxylic acid groups (broad SMARTS) is 1. The van der Waals surface area contributed by atoms with E-state index in [2.05, 4.69) is 9.74 Å². The predicted molar refractivity (Wildman–Crippen MR) is 172 cm³/mol. The van der Waals surface area contributed by atoms with Crippen molar-refractivity contribution in [2.75, 3.05) is 51.3 Å². The highest BCUT2D eigenvalue weighted by atomic mass is 19.4. The zero-order chi connectivity index (χ0) is 34.2. The number of rotatable bonds is 8. The number of nitrogens with zero attached hydrogens (tertiary/aromatic N) is 4. The first-order chi connectivity index (χ1) is 22.9. The van der Waals surface area contributed by atoms with E-state index in [4.69, 9.17) is 11.3 Å². The molecular formula is C36H42F4N4O4. The van der Waals surface area contributed by atoms with E-state index in [-0.39, 0.29) is 38.8 Å². The Labute approximate surface area is 278 Å². The van der Waals surface area contributed by atoms with Crippen LogP contribution in [0.3, 0.4) is 0 Å². The Morgan fingerprint density at radius 2 is 1.73 bits per heavy atom. The second kappa shape index (κ2) is 13.6. The summed E-state index contributed by atoms with van der Waals surface area (Å²) < 4.78 is 64.6. The minimum atomic E-state index is -4.58. The Balaban J connectivity index is 1.32. The van der Waals surface area contributed by atoms with E-state index < -0.39 is 53.1 Å². The van der Waals surface area contributed by atoms with Crippen molar-refractivity contribution in [3.63, 3.8) is 0 Å². The lowest BCUT2D eigenvalue weighted by atomic mass is 9.85. The highest BCUT2D eigenvalue weighted by Crippen LogP contribution is 2.47. The summed E-state index contributed by atoms with van der Waals surface area (Å²) in [5, 5.41) is 9.47. The Bertz CT molecular complexity index is 1530. The lowest BCUT2D eigenvalue weighted by molar-refractivity contribution is -0.145. The van der Waals surface area contributed by atoms with Crippen molar-refractivity contribution in [1.29, 1.82) is 0 Å². The van der Waals surface area contributed by atoms with Crippen molar-refractivity contribution in [3.05, 3.63) is 70.6 Å². The van der Waals surface area contributed by atoms with Crippen LogP contribution in [-0.2, 0) is 15.8 Å². The summed E-state index contributed by atoms with van der Waals surface area (Å²) in [5.74, 6) is -2.69. The van der Waals surface area contributed by atoms with Gasteiger partial charge in [0.15, 0.2) is 0 Å². The molecule has 1 saturated carbocycles. The number of piperidine rings is 1. The summed E-state index contributed by atoms with van der Waals surface area (Å²) in [6.07, 6.45) is 0.357. The Hall–Kier alpha value is -3.85. The number of hydrogen-bond acceptors (Lipinski definition) is 5. The molecular weight excluding hydrogens is 628 g/mol. The van der Waals surface area contributed by atoms with Crippen molar-refractivity contribution in [2.45, 2.75) is 80.7 Å². The first-order valence-corrected chi connectivity index (χ1v) is 16.8. The predicted octanol–water partition coefficient (Wildman–Crippen LogP) is 6.37. The van der Waals surface area contributed by atoms with Crippen molar-refractivity contribution in [3.8, 4) is 5.75 Å². The third-order valence-electron chi connectivity index (χ3n) is 11.1. The number of halogens is 4. The van der Waals surface area contributed by atoms with E-state index in [0.29, 0.717) is 48.4 Å². The van der Waals surface area contributed by atoms with Crippen LogP contribution in [0.2, 0.25) is 0 Å². The zero-order valence-corrected chi connectivity index (χ0v) is 27.1. The number of ether oxygens (including phenoxy) is 1. The summed E-state index contributed by atoms with van der Waals surface area (Å²) in [6.45, 7) is 8.55. The fourth-order valence-corrected chi connectivity index (χ4v) is 8.43. The number of likely N-dealkylation sites (tertiary alicyclic amines) is 2. The number of hydrogen-bond donors (Lipinski definition) is 1. The molecule has 1 aliphatic carbocycles. The van der Waals surface area contributed by atoms with E-state index in [1.54, 1.807) is 36.3 Å². The van der Waals surface area contributed by atoms with Gasteiger partial charge in [0.05, 0.1) is 18.6 Å². The number of carbonyl (C=O) groups is 2. The molecule has 2 aromatic carbocycles. The summed E-state index contributed by atoms with van der Waals surface area (Å²) in [7, 11) is 1.55. The molecule has 258 valence electrons. The molecule has 1 N–H and O–H groups in total. The number of benzene rings is 2. The molecule has 0 aromatic heterocycles. The van der Waals surface area contributed by atoms with Gasteiger partial charge in [-0.2, -0.15) is 13.2 Å². The summed E-state index contributed by atoms with van der Waals surface area (Å²) in [6, 6.07) is 10.3. The SMILES string of the molecule is [C-]#[N+]C[C@@H]1C[C@@H](c2ccc(C(F)(F)F)cc2N2CCC(C(=O)O)CC2)CN1C(=O)[C@]1(F)CN(C2CCCC2)C[C@H]1c1ccc(OC)cc1. The molecule has 0 bridgehead atoms. The fourth-order valence-electron chi connectivity index (χ4n) is 8.43. The second-order valence-electron chi connectivity index (χ2n) is 13.8. The van der Waals surface area contributed by atoms with Gasteiger partial charge in [-0.3, -0.25) is 14.5 Å². The maximum Gasteiger partial charge on any atom is 0.416 e. The van der Waals surface area contributed by atoms with E-state index >= 15 is 4.39 Å². The summed E-state index contributed by atoms with van der Waals surface area (Å²) in [4.78, 5) is 35.1. The lowest BCUT2D eigenvalue weighted by Gasteiger charge is -2.35. The number of amides is 1. The van der Waals surface area contributed by atoms with Crippen LogP contribution in [0.15, 0.2) is 42.5 Å². The second-order valence-corrected chi connectivity index (χ2v) is 13.8. The number of carboxylic acids is 1. The summed E-state index contributed by atoms with van der Waals surface area (Å²) in [5.41, 5.74) is -1.42. The molecule has 6 rings (SSSR count). The standard InChI is InChI=1S/C36H42F4N4O4/c1-41-19-28-17-25(30-12-9-26(36(38,39)40)18-32(30)42-15-13-24(14-16-42)33(45)46)20-44(28)34(47)35(37)22-43(27-5-3-4-6-27)21-31(35)23-7-10-29(48-2)11-8-23/h7-12,18,24-25,27-28,31H,3-6,13-17,19-22H2,2H3,(H,45,46)/t25-,28+,31+,35+/m1/s1. The molecule has 4 atom stereocenters. The van der Waals surface area contributed by atoms with Crippen LogP contribution in [0.4, 0.5) is 23.2 Å². The molecule has 4 aliphatic rings. The Morgan fingerprint density at radius 1 is 1.04 bits per heavy atom. The highest BCUT2D eigenvalue weighted by molar-refractivity contribution is 5.88. The van der Waals surface area contributed by atoms with Gasteiger partial charge in [0.2, 0.25) is 12.2 Å². The van der Waals surface area contributed by atoms with Crippen LogP contribution in [0, 0.1) is 12.5 Å². The van der Waals surface area contributed by atoms with Gasteiger partial charge in [-0.25, -0.2) is 11.0 Å². The van der Waals surface area contributed by atoms with Gasteiger partial charge in [0, 0.05) is 56.3 Å². The van der Waals surface area contributed by atoms with Crippen molar-refractivity contribution >= 4 is 17.6 Å². The number of alkyl halides is 4. The van der Waals surface area contributed by atoms with Gasteiger partial charge in [0.1, 0.15) is 11.8 Å². The Morgan fingerprint density at radius 3 is 2.33 bits per heavy atom. The molecule has 3 aliphatic heterocycles. The molecule has 2 aromatic rings. The minimum absolute atomic E-state index is 0.0438. The molecule has 12 heteroatoms. The zero-order valence-electron chi connectivity index (χ0n) is 27.1. The van der Waals surface area contributed by atoms with E-state index in [1.807, 2.05) is 0 Å². The molecule has 8 nitrogen and oxygen atoms in total. The van der Waals surface area contributed by atoms with E-state index in [0.717, 1.165) is 37.8 Å². The van der Waals surface area contributed by atoms with Crippen LogP contribution in [0.5, 0.6) is 5.75 Å². The third-order valence-corrected chi connectivity index (χ3v) is 11.1. The average molecular weight is 671 g/mol. The highest BCUT2D eigenvalue weighted by Gasteiger charge is 2.58. The van der Waals surface area contributed by atoms with Gasteiger partial charge >= 0.3 is 12.1 Å². The van der Waals surface area contributed by atoms with Crippen LogP contribution >= 0.6 is 0 Å². The average Bonchev–Trinajstić information content (AvgIpc) is 3.84. The van der Waals surface area contributed by atoms with Crippen molar-refractivity contribution in [1.82, 2.24) is 9.80 Å². The normalized spacial score (nSPS) is 27.4. The van der Waals surface area contributed by atoms with Gasteiger partial charge in [-0.1, -0.05) is 31.0 Å². The molecule has 3 heterocycles. The topological polar surface area (TPSA) is 77.7 Å². The van der Waals surface area contributed by atoms with Gasteiger partial charge in [0.25, 0.3) is 5.91 Å². The van der Waals surface area contributed by atoms with Gasteiger partial charge in [-0.15, -0.1) is 0 Å². The Kier molecular flexibility index (Phi) is 9.62. The molecule has 48 heavy (non-hydrogen) atoms. The minimum Gasteiger partial charge on any atom is -0.497 e. The quantitative estimate of drug-likeness (QED) is 0.260. The number of anilines is 1.